The number of aliphatic imine (C=N–C) groups is 1. The molecule has 27 heavy (non-hydrogen) atoms. The number of hydrogen-bond donors (Lipinski definition) is 1. The van der Waals surface area contributed by atoms with Crippen molar-refractivity contribution in [3.63, 3.8) is 0 Å². The van der Waals surface area contributed by atoms with Gasteiger partial charge >= 0.3 is 0 Å². The Morgan fingerprint density at radius 3 is 2.37 bits per heavy atom. The molecule has 0 aromatic heterocycles. The number of nitrogens with one attached hydrogen (secondary N) is 1. The van der Waals surface area contributed by atoms with Gasteiger partial charge in [0.25, 0.3) is 0 Å². The smallest absolute Gasteiger partial charge is 0.164 e. The summed E-state index contributed by atoms with van der Waals surface area (Å²) in [7, 11) is 1.71. The maximum absolute atomic E-state index is 12.6. The third-order valence-corrected chi connectivity index (χ3v) is 4.17. The van der Waals surface area contributed by atoms with E-state index in [0.717, 1.165) is 22.4 Å². The molecule has 0 unspecified atom stereocenters. The average molecular weight is 363 g/mol. The summed E-state index contributed by atoms with van der Waals surface area (Å²) < 4.78 is 0. The Kier molecular flexibility index (Phi) is 8.94. The molecule has 0 spiro atoms. The molecule has 0 heterocycles. The summed E-state index contributed by atoms with van der Waals surface area (Å²) in [6.45, 7) is 15.7. The number of benzene rings is 1. The highest BCUT2D eigenvalue weighted by Crippen LogP contribution is 2.24. The fourth-order valence-corrected chi connectivity index (χ4v) is 2.70. The van der Waals surface area contributed by atoms with E-state index in [1.807, 2.05) is 64.1 Å². The van der Waals surface area contributed by atoms with Crippen LogP contribution in [-0.2, 0) is 4.79 Å². The lowest BCUT2D eigenvalue weighted by molar-refractivity contribution is -0.115. The van der Waals surface area contributed by atoms with Gasteiger partial charge in [-0.25, -0.2) is 0 Å². The van der Waals surface area contributed by atoms with E-state index in [9.17, 15) is 4.79 Å². The van der Waals surface area contributed by atoms with E-state index >= 15 is 0 Å². The van der Waals surface area contributed by atoms with E-state index in [4.69, 9.17) is 0 Å². The van der Waals surface area contributed by atoms with Crippen LogP contribution in [0.5, 0.6) is 0 Å². The monoisotopic (exact) mass is 362 g/mol. The molecular weight excluding hydrogens is 332 g/mol. The third-order valence-electron chi connectivity index (χ3n) is 4.17. The van der Waals surface area contributed by atoms with Crippen molar-refractivity contribution in [1.29, 1.82) is 0 Å². The van der Waals surface area contributed by atoms with Crippen molar-refractivity contribution in [2.24, 2.45) is 4.99 Å². The predicted molar refractivity (Wildman–Crippen MR) is 119 cm³/mol. The minimum Gasteiger partial charge on any atom is -0.355 e. The maximum Gasteiger partial charge on any atom is 0.164 e. The number of hydrogen-bond acceptors (Lipinski definition) is 3. The van der Waals surface area contributed by atoms with Crippen LogP contribution in [0.15, 0.2) is 83.6 Å². The number of rotatable bonds is 9. The Labute approximate surface area is 163 Å². The van der Waals surface area contributed by atoms with Crippen LogP contribution in [0.3, 0.4) is 0 Å². The third kappa shape index (κ3) is 6.07. The van der Waals surface area contributed by atoms with Crippen molar-refractivity contribution in [2.45, 2.75) is 34.1 Å². The molecule has 3 nitrogen and oxygen atoms in total. The molecule has 0 fully saturated rings. The highest BCUT2D eigenvalue weighted by Gasteiger charge is 2.15. The van der Waals surface area contributed by atoms with Crippen molar-refractivity contribution in [3.05, 3.63) is 89.7 Å². The van der Waals surface area contributed by atoms with Gasteiger partial charge in [0.05, 0.1) is 5.71 Å². The molecular formula is C24H30N2O. The first-order valence-electron chi connectivity index (χ1n) is 9.09. The van der Waals surface area contributed by atoms with Crippen LogP contribution < -0.4 is 5.32 Å². The van der Waals surface area contributed by atoms with Gasteiger partial charge in [0, 0.05) is 30.4 Å². The zero-order valence-corrected chi connectivity index (χ0v) is 17.1. The number of Topliss-reactive ketones (excluding diaryl/α,β-unsaturated/α-hetero) is 1. The molecule has 1 rings (SSSR count). The standard InChI is InChI=1S/C24H30N2O/c1-8-12-20(13-9-2)22(25-7)16-21(23(27)10-3)19(6)26-24-17(4)14-11-15-18(24)5/h8-9,11-16,26H,1,6,10H2,2-5,7H3/b13-9-,20-12+,21-16-,25-22?. The number of ketones is 1. The van der Waals surface area contributed by atoms with Crippen molar-refractivity contribution < 1.29 is 4.79 Å². The normalized spacial score (nSPS) is 13.0. The summed E-state index contributed by atoms with van der Waals surface area (Å²) in [6.07, 6.45) is 9.63. The largest absolute Gasteiger partial charge is 0.355 e. The molecule has 0 aliphatic rings. The van der Waals surface area contributed by atoms with E-state index in [0.29, 0.717) is 23.4 Å². The lowest BCUT2D eigenvalue weighted by Gasteiger charge is -2.17. The van der Waals surface area contributed by atoms with Crippen LogP contribution in [0.4, 0.5) is 5.69 Å². The first kappa shape index (κ1) is 22.1. The molecule has 0 amide bonds. The number of aryl methyl sites for hydroxylation is 2. The van der Waals surface area contributed by atoms with E-state index < -0.39 is 0 Å². The maximum atomic E-state index is 12.6. The molecule has 1 N–H and O–H groups in total. The van der Waals surface area contributed by atoms with Gasteiger partial charge in [0.1, 0.15) is 0 Å². The first-order chi connectivity index (χ1) is 12.9. The second-order valence-electron chi connectivity index (χ2n) is 6.17. The summed E-state index contributed by atoms with van der Waals surface area (Å²) in [5.41, 5.74) is 5.86. The molecule has 0 atom stereocenters. The lowest BCUT2D eigenvalue weighted by Crippen LogP contribution is -2.13. The van der Waals surface area contributed by atoms with Gasteiger partial charge < -0.3 is 5.32 Å². The molecule has 1 aromatic rings. The number of anilines is 1. The number of nitrogens with zero attached hydrogens (tertiary/aromatic N) is 1. The van der Waals surface area contributed by atoms with Gasteiger partial charge in [-0.05, 0) is 43.5 Å². The lowest BCUT2D eigenvalue weighted by atomic mass is 9.99. The van der Waals surface area contributed by atoms with Gasteiger partial charge in [0.2, 0.25) is 0 Å². The molecule has 0 aliphatic heterocycles. The molecule has 0 aliphatic carbocycles. The Bertz CT molecular complexity index is 816. The van der Waals surface area contributed by atoms with Gasteiger partial charge in [-0.15, -0.1) is 0 Å². The average Bonchev–Trinajstić information content (AvgIpc) is 2.65. The predicted octanol–water partition coefficient (Wildman–Crippen LogP) is 5.89. The van der Waals surface area contributed by atoms with E-state index in [2.05, 4.69) is 23.5 Å². The Hall–Kier alpha value is -2.94. The molecule has 3 heteroatoms. The van der Waals surface area contributed by atoms with Crippen molar-refractivity contribution >= 4 is 17.2 Å². The van der Waals surface area contributed by atoms with Crippen molar-refractivity contribution in [2.75, 3.05) is 12.4 Å². The summed E-state index contributed by atoms with van der Waals surface area (Å²) in [6, 6.07) is 6.07. The summed E-state index contributed by atoms with van der Waals surface area (Å²) >= 11 is 0. The quantitative estimate of drug-likeness (QED) is 0.338. The van der Waals surface area contributed by atoms with Gasteiger partial charge in [-0.3, -0.25) is 9.79 Å². The number of carbonyl (C=O) groups is 1. The zero-order chi connectivity index (χ0) is 20.4. The molecule has 1 aromatic carbocycles. The minimum atomic E-state index is 0.0123. The molecule has 142 valence electrons. The first-order valence-corrected chi connectivity index (χ1v) is 9.09. The fourth-order valence-electron chi connectivity index (χ4n) is 2.70. The van der Waals surface area contributed by atoms with E-state index in [1.165, 1.54) is 0 Å². The SMILES string of the molecule is C=C/C=C(\C=C/C)C(/C=C(/C(=C)Nc1c(C)cccc1C)C(=O)CC)=NC. The Balaban J connectivity index is 3.38. The van der Waals surface area contributed by atoms with Crippen molar-refractivity contribution in [3.8, 4) is 0 Å². The number of carbonyl (C=O) groups excluding carboxylic acids is 1. The topological polar surface area (TPSA) is 41.5 Å². The Morgan fingerprint density at radius 1 is 1.26 bits per heavy atom. The number of para-hydroxylation sites is 1. The zero-order valence-electron chi connectivity index (χ0n) is 17.1. The van der Waals surface area contributed by atoms with Crippen molar-refractivity contribution in [1.82, 2.24) is 0 Å². The van der Waals surface area contributed by atoms with Crippen LogP contribution in [0.25, 0.3) is 0 Å². The van der Waals surface area contributed by atoms with Gasteiger partial charge in [-0.2, -0.15) is 0 Å². The Morgan fingerprint density at radius 2 is 1.89 bits per heavy atom. The van der Waals surface area contributed by atoms with Gasteiger partial charge in [-0.1, -0.05) is 62.6 Å². The summed E-state index contributed by atoms with van der Waals surface area (Å²) in [4.78, 5) is 17.0. The molecule has 0 saturated carbocycles. The minimum absolute atomic E-state index is 0.0123. The second kappa shape index (κ2) is 10.9. The molecule has 0 bridgehead atoms. The van der Waals surface area contributed by atoms with E-state index in [-0.39, 0.29) is 5.78 Å². The molecule has 0 saturated heterocycles. The van der Waals surface area contributed by atoms with Crippen LogP contribution in [0, 0.1) is 13.8 Å². The molecule has 0 radical (unpaired) electrons. The van der Waals surface area contributed by atoms with Crippen LogP contribution >= 0.6 is 0 Å². The fraction of sp³-hybridized carbons (Fsp3) is 0.250. The summed E-state index contributed by atoms with van der Waals surface area (Å²) in [5.74, 6) is 0.0123. The highest BCUT2D eigenvalue weighted by molar-refractivity contribution is 6.15. The van der Waals surface area contributed by atoms with Crippen LogP contribution in [0.1, 0.15) is 31.4 Å². The van der Waals surface area contributed by atoms with Gasteiger partial charge in [0.15, 0.2) is 5.78 Å². The summed E-state index contributed by atoms with van der Waals surface area (Å²) in [5, 5.41) is 3.33. The highest BCUT2D eigenvalue weighted by atomic mass is 16.1. The second-order valence-corrected chi connectivity index (χ2v) is 6.17. The van der Waals surface area contributed by atoms with E-state index in [1.54, 1.807) is 19.2 Å². The van der Waals surface area contributed by atoms with Crippen LogP contribution in [0.2, 0.25) is 0 Å². The van der Waals surface area contributed by atoms with Crippen LogP contribution in [-0.4, -0.2) is 18.5 Å². The number of allylic oxidation sites excluding steroid dienone is 7.